The van der Waals surface area contributed by atoms with Crippen molar-refractivity contribution < 1.29 is 13.9 Å². The maximum atomic E-state index is 13.3. The van der Waals surface area contributed by atoms with E-state index in [1.165, 1.54) is 19.2 Å². The highest BCUT2D eigenvalue weighted by Crippen LogP contribution is 2.37. The number of hydrogen-bond donors (Lipinski definition) is 1. The van der Waals surface area contributed by atoms with Gasteiger partial charge in [0.05, 0.1) is 17.3 Å². The molecule has 2 aromatic rings. The van der Waals surface area contributed by atoms with Crippen molar-refractivity contribution in [2.75, 3.05) is 12.8 Å². The third-order valence-electron chi connectivity index (χ3n) is 2.40. The van der Waals surface area contributed by atoms with E-state index < -0.39 is 5.82 Å². The molecule has 0 saturated carbocycles. The Morgan fingerprint density at radius 1 is 1.16 bits per heavy atom. The number of anilines is 1. The molecule has 0 saturated heterocycles. The maximum Gasteiger partial charge on any atom is 0.169 e. The van der Waals surface area contributed by atoms with Crippen molar-refractivity contribution in [1.29, 1.82) is 0 Å². The Kier molecular flexibility index (Phi) is 4.17. The van der Waals surface area contributed by atoms with Crippen LogP contribution in [0.1, 0.15) is 0 Å². The zero-order valence-corrected chi connectivity index (χ0v) is 12.3. The number of ether oxygens (including phenoxy) is 2. The van der Waals surface area contributed by atoms with E-state index in [1.807, 2.05) is 0 Å². The summed E-state index contributed by atoms with van der Waals surface area (Å²) in [7, 11) is 1.50. The third kappa shape index (κ3) is 3.11. The first kappa shape index (κ1) is 14.0. The second kappa shape index (κ2) is 5.67. The van der Waals surface area contributed by atoms with E-state index in [2.05, 4.69) is 15.9 Å². The molecule has 100 valence electrons. The van der Waals surface area contributed by atoms with Crippen molar-refractivity contribution in [3.8, 4) is 17.2 Å². The minimum Gasteiger partial charge on any atom is -0.493 e. The van der Waals surface area contributed by atoms with Crippen LogP contribution in [0.3, 0.4) is 0 Å². The molecular formula is C13H10BrClFNO2. The Bertz CT molecular complexity index is 622. The van der Waals surface area contributed by atoms with Crippen LogP contribution >= 0.6 is 27.5 Å². The summed E-state index contributed by atoms with van der Waals surface area (Å²) >= 11 is 8.94. The quantitative estimate of drug-likeness (QED) is 0.824. The van der Waals surface area contributed by atoms with Gasteiger partial charge in [-0.3, -0.25) is 0 Å². The summed E-state index contributed by atoms with van der Waals surface area (Å²) in [5, 5.41) is 0.525. The lowest BCUT2D eigenvalue weighted by molar-refractivity contribution is 0.379. The molecule has 0 fully saturated rings. The molecule has 0 amide bonds. The summed E-state index contributed by atoms with van der Waals surface area (Å²) in [6.45, 7) is 0. The zero-order valence-electron chi connectivity index (χ0n) is 9.91. The Labute approximate surface area is 123 Å². The smallest absolute Gasteiger partial charge is 0.169 e. The van der Waals surface area contributed by atoms with Crippen molar-refractivity contribution in [3.63, 3.8) is 0 Å². The Morgan fingerprint density at radius 2 is 1.89 bits per heavy atom. The topological polar surface area (TPSA) is 44.5 Å². The average Bonchev–Trinajstić information content (AvgIpc) is 2.37. The lowest BCUT2D eigenvalue weighted by atomic mass is 10.2. The second-order valence-electron chi connectivity index (χ2n) is 3.70. The molecule has 2 rings (SSSR count). The van der Waals surface area contributed by atoms with Crippen LogP contribution in [0.4, 0.5) is 10.1 Å². The largest absolute Gasteiger partial charge is 0.493 e. The van der Waals surface area contributed by atoms with Crippen LogP contribution in [0.2, 0.25) is 5.02 Å². The van der Waals surface area contributed by atoms with Gasteiger partial charge >= 0.3 is 0 Å². The van der Waals surface area contributed by atoms with Crippen LogP contribution in [0.25, 0.3) is 0 Å². The summed E-state index contributed by atoms with van der Waals surface area (Å²) in [5.41, 5.74) is 5.90. The van der Waals surface area contributed by atoms with Crippen molar-refractivity contribution >= 4 is 33.2 Å². The first-order chi connectivity index (χ1) is 9.01. The minimum absolute atomic E-state index is 0.192. The molecule has 3 nitrogen and oxygen atoms in total. The van der Waals surface area contributed by atoms with Gasteiger partial charge in [0, 0.05) is 23.2 Å². The number of nitrogen functional groups attached to an aromatic ring is 1. The molecule has 2 N–H and O–H groups in total. The molecule has 19 heavy (non-hydrogen) atoms. The molecule has 0 unspecified atom stereocenters. The third-order valence-corrected chi connectivity index (χ3v) is 3.24. The second-order valence-corrected chi connectivity index (χ2v) is 4.99. The number of hydrogen-bond acceptors (Lipinski definition) is 3. The van der Waals surface area contributed by atoms with Crippen LogP contribution in [-0.4, -0.2) is 7.11 Å². The summed E-state index contributed by atoms with van der Waals surface area (Å²) in [6, 6.07) is 7.57. The fraction of sp³-hybridized carbons (Fsp3) is 0.0769. The Morgan fingerprint density at radius 3 is 2.58 bits per heavy atom. The highest BCUT2D eigenvalue weighted by molar-refractivity contribution is 9.10. The first-order valence-electron chi connectivity index (χ1n) is 5.27. The van der Waals surface area contributed by atoms with E-state index in [0.717, 1.165) is 0 Å². The van der Waals surface area contributed by atoms with E-state index >= 15 is 0 Å². The van der Waals surface area contributed by atoms with E-state index in [0.29, 0.717) is 22.3 Å². The Hall–Kier alpha value is -1.46. The van der Waals surface area contributed by atoms with Gasteiger partial charge in [0.15, 0.2) is 17.2 Å². The fourth-order valence-electron chi connectivity index (χ4n) is 1.48. The molecule has 0 heterocycles. The number of halogens is 3. The van der Waals surface area contributed by atoms with E-state index in [9.17, 15) is 4.39 Å². The number of nitrogens with two attached hydrogens (primary N) is 1. The van der Waals surface area contributed by atoms with Gasteiger partial charge in [-0.2, -0.15) is 0 Å². The van der Waals surface area contributed by atoms with Gasteiger partial charge in [0.25, 0.3) is 0 Å². The molecule has 0 radical (unpaired) electrons. The Balaban J connectivity index is 2.39. The van der Waals surface area contributed by atoms with Gasteiger partial charge < -0.3 is 15.2 Å². The molecule has 2 aromatic carbocycles. The highest BCUT2D eigenvalue weighted by atomic mass is 79.9. The van der Waals surface area contributed by atoms with E-state index in [-0.39, 0.29) is 10.2 Å². The molecule has 0 aromatic heterocycles. The monoisotopic (exact) mass is 345 g/mol. The van der Waals surface area contributed by atoms with Gasteiger partial charge in [-0.05, 0) is 28.1 Å². The van der Waals surface area contributed by atoms with Gasteiger partial charge in [-0.15, -0.1) is 0 Å². The van der Waals surface area contributed by atoms with Crippen LogP contribution in [-0.2, 0) is 0 Å². The maximum absolute atomic E-state index is 13.3. The standard InChI is InChI=1S/C13H10BrClFNO2/c1-18-13-4-7(15)2-3-11(13)19-12-5-8(14)9(16)6-10(12)17/h2-6H,17H2,1H3. The highest BCUT2D eigenvalue weighted by Gasteiger charge is 2.11. The van der Waals surface area contributed by atoms with Crippen LogP contribution in [0, 0.1) is 5.82 Å². The van der Waals surface area contributed by atoms with E-state index in [1.54, 1.807) is 18.2 Å². The molecule has 0 atom stereocenters. The summed E-state index contributed by atoms with van der Waals surface area (Å²) in [6.07, 6.45) is 0. The summed E-state index contributed by atoms with van der Waals surface area (Å²) in [5.74, 6) is 0.784. The van der Waals surface area contributed by atoms with E-state index in [4.69, 9.17) is 26.8 Å². The first-order valence-corrected chi connectivity index (χ1v) is 6.44. The van der Waals surface area contributed by atoms with Crippen LogP contribution in [0.5, 0.6) is 17.2 Å². The normalized spacial score (nSPS) is 10.3. The molecular weight excluding hydrogens is 337 g/mol. The predicted molar refractivity (Wildman–Crippen MR) is 76.6 cm³/mol. The van der Waals surface area contributed by atoms with Crippen LogP contribution < -0.4 is 15.2 Å². The summed E-state index contributed by atoms with van der Waals surface area (Å²) < 4.78 is 24.3. The molecule has 0 bridgehead atoms. The van der Waals surface area contributed by atoms with Gasteiger partial charge in [0.1, 0.15) is 5.82 Å². The van der Waals surface area contributed by atoms with Crippen molar-refractivity contribution in [3.05, 3.63) is 45.6 Å². The number of benzene rings is 2. The fourth-order valence-corrected chi connectivity index (χ4v) is 1.96. The lowest BCUT2D eigenvalue weighted by Crippen LogP contribution is -1.96. The van der Waals surface area contributed by atoms with Crippen LogP contribution in [0.15, 0.2) is 34.8 Å². The SMILES string of the molecule is COc1cc(Cl)ccc1Oc1cc(Br)c(F)cc1N. The zero-order chi connectivity index (χ0) is 14.0. The number of methoxy groups -OCH3 is 1. The molecule has 6 heteroatoms. The van der Waals surface area contributed by atoms with Gasteiger partial charge in [-0.25, -0.2) is 4.39 Å². The van der Waals surface area contributed by atoms with Crippen molar-refractivity contribution in [1.82, 2.24) is 0 Å². The molecule has 0 aliphatic heterocycles. The van der Waals surface area contributed by atoms with Crippen molar-refractivity contribution in [2.45, 2.75) is 0 Å². The molecule has 0 aliphatic carbocycles. The molecule has 0 spiro atoms. The lowest BCUT2D eigenvalue weighted by Gasteiger charge is -2.12. The number of rotatable bonds is 3. The van der Waals surface area contributed by atoms with Crippen molar-refractivity contribution in [2.24, 2.45) is 0 Å². The van der Waals surface area contributed by atoms with Gasteiger partial charge in [-0.1, -0.05) is 11.6 Å². The van der Waals surface area contributed by atoms with Gasteiger partial charge in [0.2, 0.25) is 0 Å². The summed E-state index contributed by atoms with van der Waals surface area (Å²) in [4.78, 5) is 0. The average molecular weight is 347 g/mol. The predicted octanol–water partition coefficient (Wildman–Crippen LogP) is 4.62. The minimum atomic E-state index is -0.451. The molecule has 0 aliphatic rings.